The SMILES string of the molecule is Cc1cc2c(F)cc[nH]c-2n1. The van der Waals surface area contributed by atoms with E-state index in [1.807, 2.05) is 6.92 Å². The number of H-pyrrole nitrogens is 1. The van der Waals surface area contributed by atoms with Crippen molar-refractivity contribution in [3.05, 3.63) is 29.8 Å². The van der Waals surface area contributed by atoms with E-state index < -0.39 is 0 Å². The van der Waals surface area contributed by atoms with Crippen LogP contribution < -0.4 is 0 Å². The lowest BCUT2D eigenvalue weighted by atomic mass is 10.2. The molecular formula is C8H7FN2. The standard InChI is InChI=1S/C8H7FN2/c1-5-4-6-7(9)2-3-10-8(6)11-5/h2-4H,1H3,(H,10,11). The third-order valence-electron chi connectivity index (χ3n) is 1.60. The summed E-state index contributed by atoms with van der Waals surface area (Å²) in [6, 6.07) is 3.12. The smallest absolute Gasteiger partial charge is 0.140 e. The molecule has 56 valence electrons. The van der Waals surface area contributed by atoms with Crippen molar-refractivity contribution in [1.29, 1.82) is 0 Å². The lowest BCUT2D eigenvalue weighted by molar-refractivity contribution is 0.629. The molecule has 0 spiro atoms. The van der Waals surface area contributed by atoms with Gasteiger partial charge in [0.15, 0.2) is 0 Å². The van der Waals surface area contributed by atoms with Crippen molar-refractivity contribution in [3.63, 3.8) is 0 Å². The molecule has 2 heterocycles. The van der Waals surface area contributed by atoms with E-state index in [2.05, 4.69) is 9.97 Å². The fraction of sp³-hybridized carbons (Fsp3) is 0.125. The first-order valence-electron chi connectivity index (χ1n) is 3.37. The predicted octanol–water partition coefficient (Wildman–Crippen LogP) is 1.96. The molecule has 0 aromatic carbocycles. The van der Waals surface area contributed by atoms with Gasteiger partial charge in [0, 0.05) is 11.9 Å². The van der Waals surface area contributed by atoms with Crippen molar-refractivity contribution in [1.82, 2.24) is 9.97 Å². The number of nitrogens with zero attached hydrogens (tertiary/aromatic N) is 1. The van der Waals surface area contributed by atoms with Crippen LogP contribution >= 0.6 is 0 Å². The summed E-state index contributed by atoms with van der Waals surface area (Å²) in [7, 11) is 0. The van der Waals surface area contributed by atoms with Crippen molar-refractivity contribution in [2.75, 3.05) is 0 Å². The Morgan fingerprint density at radius 3 is 3.09 bits per heavy atom. The number of aryl methyl sites for hydroxylation is 1. The van der Waals surface area contributed by atoms with Gasteiger partial charge in [0.25, 0.3) is 0 Å². The topological polar surface area (TPSA) is 28.7 Å². The van der Waals surface area contributed by atoms with E-state index in [1.165, 1.54) is 6.07 Å². The van der Waals surface area contributed by atoms with Crippen molar-refractivity contribution in [2.24, 2.45) is 0 Å². The van der Waals surface area contributed by atoms with Crippen LogP contribution in [0.25, 0.3) is 11.4 Å². The van der Waals surface area contributed by atoms with Gasteiger partial charge in [-0.05, 0) is 19.1 Å². The zero-order chi connectivity index (χ0) is 7.84. The Hall–Kier alpha value is -1.38. The lowest BCUT2D eigenvalue weighted by Gasteiger charge is -1.95. The molecule has 11 heavy (non-hydrogen) atoms. The second-order valence-corrected chi connectivity index (χ2v) is 2.49. The van der Waals surface area contributed by atoms with Crippen LogP contribution in [-0.2, 0) is 0 Å². The maximum atomic E-state index is 12.9. The van der Waals surface area contributed by atoms with Crippen LogP contribution in [0.2, 0.25) is 0 Å². The number of hydrogen-bond acceptors (Lipinski definition) is 1. The van der Waals surface area contributed by atoms with Crippen LogP contribution in [0.5, 0.6) is 0 Å². The summed E-state index contributed by atoms with van der Waals surface area (Å²) in [6.07, 6.45) is 1.55. The van der Waals surface area contributed by atoms with Crippen LogP contribution in [0.3, 0.4) is 0 Å². The minimum atomic E-state index is -0.223. The Labute approximate surface area is 63.4 Å². The highest BCUT2D eigenvalue weighted by atomic mass is 19.1. The zero-order valence-corrected chi connectivity index (χ0v) is 6.06. The fourth-order valence-electron chi connectivity index (χ4n) is 1.12. The second-order valence-electron chi connectivity index (χ2n) is 2.49. The summed E-state index contributed by atoms with van der Waals surface area (Å²) < 4.78 is 12.9. The number of hydrogen-bond donors (Lipinski definition) is 1. The highest BCUT2D eigenvalue weighted by Crippen LogP contribution is 2.21. The molecule has 2 rings (SSSR count). The average molecular weight is 150 g/mol. The Kier molecular flexibility index (Phi) is 1.18. The zero-order valence-electron chi connectivity index (χ0n) is 6.06. The van der Waals surface area contributed by atoms with Crippen molar-refractivity contribution in [3.8, 4) is 11.4 Å². The normalized spacial score (nSPS) is 10.7. The highest BCUT2D eigenvalue weighted by Gasteiger charge is 2.10. The van der Waals surface area contributed by atoms with Crippen LogP contribution in [0.15, 0.2) is 18.3 Å². The first kappa shape index (κ1) is 6.34. The van der Waals surface area contributed by atoms with Gasteiger partial charge in [-0.25, -0.2) is 9.37 Å². The third-order valence-corrected chi connectivity index (χ3v) is 1.60. The fourth-order valence-corrected chi connectivity index (χ4v) is 1.12. The van der Waals surface area contributed by atoms with Crippen LogP contribution in [-0.4, -0.2) is 9.97 Å². The van der Waals surface area contributed by atoms with Gasteiger partial charge in [0.05, 0.1) is 5.56 Å². The van der Waals surface area contributed by atoms with Crippen LogP contribution in [0, 0.1) is 12.7 Å². The summed E-state index contributed by atoms with van der Waals surface area (Å²) in [6.45, 7) is 1.84. The summed E-state index contributed by atoms with van der Waals surface area (Å²) in [5.74, 6) is 0.391. The first-order chi connectivity index (χ1) is 5.27. The number of aromatic amines is 1. The van der Waals surface area contributed by atoms with E-state index in [9.17, 15) is 4.39 Å². The van der Waals surface area contributed by atoms with Gasteiger partial charge < -0.3 is 4.98 Å². The van der Waals surface area contributed by atoms with Crippen molar-refractivity contribution >= 4 is 0 Å². The highest BCUT2D eigenvalue weighted by molar-refractivity contribution is 5.58. The van der Waals surface area contributed by atoms with Crippen molar-refractivity contribution in [2.45, 2.75) is 6.92 Å². The summed E-state index contributed by atoms with van der Waals surface area (Å²) >= 11 is 0. The Balaban J connectivity index is 2.78. The third kappa shape index (κ3) is 0.888. The Morgan fingerprint density at radius 1 is 1.55 bits per heavy atom. The van der Waals surface area contributed by atoms with Crippen molar-refractivity contribution < 1.29 is 4.39 Å². The molecule has 0 saturated carbocycles. The predicted molar refractivity (Wildman–Crippen MR) is 39.9 cm³/mol. The van der Waals surface area contributed by atoms with E-state index in [-0.39, 0.29) is 5.82 Å². The minimum Gasteiger partial charge on any atom is -0.346 e. The Bertz CT molecular complexity index is 353. The maximum absolute atomic E-state index is 12.9. The summed E-state index contributed by atoms with van der Waals surface area (Å²) in [5.41, 5.74) is 1.39. The minimum absolute atomic E-state index is 0.223. The van der Waals surface area contributed by atoms with Gasteiger partial charge in [-0.3, -0.25) is 0 Å². The maximum Gasteiger partial charge on any atom is 0.140 e. The number of nitrogens with one attached hydrogen (secondary N) is 1. The van der Waals surface area contributed by atoms with E-state index in [1.54, 1.807) is 12.3 Å². The number of aromatic nitrogens is 2. The molecule has 0 unspecified atom stereocenters. The number of rotatable bonds is 0. The molecule has 2 aliphatic heterocycles. The summed E-state index contributed by atoms with van der Waals surface area (Å²) in [4.78, 5) is 6.94. The number of halogens is 1. The quantitative estimate of drug-likeness (QED) is 0.611. The van der Waals surface area contributed by atoms with Crippen LogP contribution in [0.4, 0.5) is 4.39 Å². The van der Waals surface area contributed by atoms with Gasteiger partial charge in [-0.15, -0.1) is 0 Å². The molecule has 0 saturated heterocycles. The average Bonchev–Trinajstić information content (AvgIpc) is 2.31. The van der Waals surface area contributed by atoms with Gasteiger partial charge in [0.2, 0.25) is 0 Å². The molecule has 0 radical (unpaired) electrons. The molecule has 0 aromatic heterocycles. The van der Waals surface area contributed by atoms with E-state index in [4.69, 9.17) is 0 Å². The second kappa shape index (κ2) is 2.05. The van der Waals surface area contributed by atoms with E-state index >= 15 is 0 Å². The van der Waals surface area contributed by atoms with Gasteiger partial charge in [-0.2, -0.15) is 0 Å². The molecule has 1 N–H and O–H groups in total. The first-order valence-corrected chi connectivity index (χ1v) is 3.37. The molecule has 0 bridgehead atoms. The summed E-state index contributed by atoms with van der Waals surface area (Å²) in [5, 5.41) is 0. The van der Waals surface area contributed by atoms with Gasteiger partial charge in [-0.1, -0.05) is 0 Å². The molecule has 0 amide bonds. The number of fused-ring (bicyclic) bond motifs is 1. The van der Waals surface area contributed by atoms with E-state index in [0.717, 1.165) is 5.69 Å². The largest absolute Gasteiger partial charge is 0.346 e. The van der Waals surface area contributed by atoms with Gasteiger partial charge >= 0.3 is 0 Å². The molecule has 2 aliphatic rings. The Morgan fingerprint density at radius 2 is 2.36 bits per heavy atom. The van der Waals surface area contributed by atoms with Gasteiger partial charge in [0.1, 0.15) is 11.6 Å². The molecule has 2 nitrogen and oxygen atoms in total. The lowest BCUT2D eigenvalue weighted by Crippen LogP contribution is -1.85. The molecule has 3 heteroatoms. The monoisotopic (exact) mass is 150 g/mol. The molecule has 0 aromatic rings. The molecule has 0 atom stereocenters. The molecule has 0 aliphatic carbocycles. The molecular weight excluding hydrogens is 143 g/mol. The van der Waals surface area contributed by atoms with E-state index in [0.29, 0.717) is 11.4 Å². The van der Waals surface area contributed by atoms with Crippen LogP contribution in [0.1, 0.15) is 5.69 Å². The molecule has 0 fully saturated rings. The number of pyridine rings is 1.